The summed E-state index contributed by atoms with van der Waals surface area (Å²) < 4.78 is 0. The summed E-state index contributed by atoms with van der Waals surface area (Å²) in [4.78, 5) is 16.9. The van der Waals surface area contributed by atoms with Crippen LogP contribution in [0.15, 0.2) is 29.6 Å². The zero-order valence-corrected chi connectivity index (χ0v) is 13.5. The second-order valence-corrected chi connectivity index (χ2v) is 6.76. The summed E-state index contributed by atoms with van der Waals surface area (Å²) in [7, 11) is 0. The molecule has 1 aliphatic carbocycles. The van der Waals surface area contributed by atoms with Crippen molar-refractivity contribution in [1.82, 2.24) is 4.98 Å². The van der Waals surface area contributed by atoms with E-state index in [2.05, 4.69) is 10.3 Å². The minimum atomic E-state index is 0.0516. The normalized spacial score (nSPS) is 21.0. The van der Waals surface area contributed by atoms with Gasteiger partial charge < -0.3 is 11.1 Å². The van der Waals surface area contributed by atoms with E-state index in [1.807, 2.05) is 36.6 Å². The molecule has 0 spiro atoms. The summed E-state index contributed by atoms with van der Waals surface area (Å²) >= 11 is 1.62. The van der Waals surface area contributed by atoms with Gasteiger partial charge in [0.25, 0.3) is 0 Å². The lowest BCUT2D eigenvalue weighted by molar-refractivity contribution is -0.120. The van der Waals surface area contributed by atoms with E-state index in [0.717, 1.165) is 41.2 Å². The van der Waals surface area contributed by atoms with Crippen LogP contribution in [0.5, 0.6) is 0 Å². The van der Waals surface area contributed by atoms with Crippen molar-refractivity contribution in [2.75, 3.05) is 11.9 Å². The van der Waals surface area contributed by atoms with Crippen molar-refractivity contribution in [3.63, 3.8) is 0 Å². The summed E-state index contributed by atoms with van der Waals surface area (Å²) in [5, 5.41) is 6.06. The van der Waals surface area contributed by atoms with E-state index in [1.54, 1.807) is 11.3 Å². The molecular formula is C17H21N3OS. The molecule has 1 saturated carbocycles. The van der Waals surface area contributed by atoms with Crippen LogP contribution in [0.1, 0.15) is 25.0 Å². The van der Waals surface area contributed by atoms with Gasteiger partial charge >= 0.3 is 0 Å². The van der Waals surface area contributed by atoms with Gasteiger partial charge in [0.15, 0.2) is 0 Å². The van der Waals surface area contributed by atoms with Crippen LogP contribution in [-0.4, -0.2) is 17.4 Å². The quantitative estimate of drug-likeness (QED) is 0.908. The zero-order valence-electron chi connectivity index (χ0n) is 12.7. The fraction of sp³-hybridized carbons (Fsp3) is 0.412. The van der Waals surface area contributed by atoms with Gasteiger partial charge in [0.05, 0.1) is 0 Å². The molecule has 0 saturated heterocycles. The molecular weight excluding hydrogens is 294 g/mol. The second kappa shape index (κ2) is 6.58. The third-order valence-corrected chi connectivity index (χ3v) is 5.30. The SMILES string of the molecule is Cc1csc(-c2cccc(NC(=O)[C@@H]3CCC[C@@H]3CN)c2)n1. The lowest BCUT2D eigenvalue weighted by atomic mass is 9.95. The van der Waals surface area contributed by atoms with E-state index in [0.29, 0.717) is 12.5 Å². The van der Waals surface area contributed by atoms with Gasteiger partial charge in [-0.05, 0) is 44.4 Å². The number of carbonyl (C=O) groups is 1. The summed E-state index contributed by atoms with van der Waals surface area (Å²) in [6.07, 6.45) is 3.10. The highest BCUT2D eigenvalue weighted by atomic mass is 32.1. The minimum absolute atomic E-state index is 0.0516. The van der Waals surface area contributed by atoms with E-state index in [9.17, 15) is 4.79 Å². The predicted molar refractivity (Wildman–Crippen MR) is 90.8 cm³/mol. The number of rotatable bonds is 4. The van der Waals surface area contributed by atoms with Crippen LogP contribution >= 0.6 is 11.3 Å². The van der Waals surface area contributed by atoms with Crippen molar-refractivity contribution in [2.45, 2.75) is 26.2 Å². The van der Waals surface area contributed by atoms with Crippen molar-refractivity contribution in [2.24, 2.45) is 17.6 Å². The number of aromatic nitrogens is 1. The Kier molecular flexibility index (Phi) is 4.55. The largest absolute Gasteiger partial charge is 0.330 e. The lowest BCUT2D eigenvalue weighted by Gasteiger charge is -2.17. The van der Waals surface area contributed by atoms with Crippen molar-refractivity contribution in [3.05, 3.63) is 35.3 Å². The first-order chi connectivity index (χ1) is 10.7. The summed E-state index contributed by atoms with van der Waals surface area (Å²) in [6.45, 7) is 2.58. The van der Waals surface area contributed by atoms with E-state index < -0.39 is 0 Å². The molecule has 116 valence electrons. The molecule has 5 heteroatoms. The summed E-state index contributed by atoms with van der Waals surface area (Å²) in [5.74, 6) is 0.473. The van der Waals surface area contributed by atoms with Crippen molar-refractivity contribution in [1.29, 1.82) is 0 Å². The molecule has 1 amide bonds. The smallest absolute Gasteiger partial charge is 0.227 e. The van der Waals surface area contributed by atoms with Crippen LogP contribution in [0.4, 0.5) is 5.69 Å². The maximum atomic E-state index is 12.5. The number of benzene rings is 1. The molecule has 4 nitrogen and oxygen atoms in total. The first-order valence-electron chi connectivity index (χ1n) is 7.71. The number of amides is 1. The average molecular weight is 315 g/mol. The number of thiazole rings is 1. The van der Waals surface area contributed by atoms with Crippen LogP contribution in [0, 0.1) is 18.8 Å². The molecule has 1 aromatic carbocycles. The van der Waals surface area contributed by atoms with Gasteiger partial charge in [0, 0.05) is 28.2 Å². The monoisotopic (exact) mass is 315 g/mol. The summed E-state index contributed by atoms with van der Waals surface area (Å²) in [5.41, 5.74) is 8.66. The molecule has 1 aliphatic rings. The third-order valence-electron chi connectivity index (χ3n) is 4.29. The van der Waals surface area contributed by atoms with Gasteiger partial charge in [-0.1, -0.05) is 18.6 Å². The number of nitrogens with zero attached hydrogens (tertiary/aromatic N) is 1. The molecule has 3 rings (SSSR count). The molecule has 1 fully saturated rings. The predicted octanol–water partition coefficient (Wildman–Crippen LogP) is 3.43. The Morgan fingerprint density at radius 3 is 3.05 bits per heavy atom. The third kappa shape index (κ3) is 3.20. The maximum Gasteiger partial charge on any atom is 0.227 e. The molecule has 22 heavy (non-hydrogen) atoms. The number of nitrogens with one attached hydrogen (secondary N) is 1. The molecule has 3 N–H and O–H groups in total. The van der Waals surface area contributed by atoms with E-state index in [1.165, 1.54) is 0 Å². The topological polar surface area (TPSA) is 68.0 Å². The molecule has 1 aromatic heterocycles. The Morgan fingerprint density at radius 1 is 1.45 bits per heavy atom. The number of aryl methyl sites for hydroxylation is 1. The van der Waals surface area contributed by atoms with Gasteiger partial charge in [-0.25, -0.2) is 4.98 Å². The number of hydrogen-bond donors (Lipinski definition) is 2. The number of anilines is 1. The minimum Gasteiger partial charge on any atom is -0.330 e. The van der Waals surface area contributed by atoms with Gasteiger partial charge in [0.1, 0.15) is 5.01 Å². The lowest BCUT2D eigenvalue weighted by Crippen LogP contribution is -2.29. The molecule has 0 bridgehead atoms. The number of hydrogen-bond acceptors (Lipinski definition) is 4. The van der Waals surface area contributed by atoms with Gasteiger partial charge in [-0.3, -0.25) is 4.79 Å². The van der Waals surface area contributed by atoms with E-state index >= 15 is 0 Å². The molecule has 2 atom stereocenters. The highest BCUT2D eigenvalue weighted by molar-refractivity contribution is 7.13. The first-order valence-corrected chi connectivity index (χ1v) is 8.59. The highest BCUT2D eigenvalue weighted by Crippen LogP contribution is 2.32. The van der Waals surface area contributed by atoms with Crippen LogP contribution in [0.2, 0.25) is 0 Å². The fourth-order valence-electron chi connectivity index (χ4n) is 3.12. The molecule has 0 unspecified atom stereocenters. The molecule has 2 aromatic rings. The van der Waals surface area contributed by atoms with Gasteiger partial charge in [0.2, 0.25) is 5.91 Å². The molecule has 0 radical (unpaired) electrons. The Morgan fingerprint density at radius 2 is 2.32 bits per heavy atom. The van der Waals surface area contributed by atoms with Crippen LogP contribution in [0.3, 0.4) is 0 Å². The van der Waals surface area contributed by atoms with Crippen molar-refractivity contribution in [3.8, 4) is 10.6 Å². The Balaban J connectivity index is 1.74. The first kappa shape index (κ1) is 15.2. The number of carbonyl (C=O) groups excluding carboxylic acids is 1. The van der Waals surface area contributed by atoms with Crippen LogP contribution in [-0.2, 0) is 4.79 Å². The van der Waals surface area contributed by atoms with Crippen LogP contribution in [0.25, 0.3) is 10.6 Å². The Hall–Kier alpha value is -1.72. The average Bonchev–Trinajstić information content (AvgIpc) is 3.16. The maximum absolute atomic E-state index is 12.5. The Bertz CT molecular complexity index is 667. The van der Waals surface area contributed by atoms with Gasteiger partial charge in [-0.15, -0.1) is 11.3 Å². The van der Waals surface area contributed by atoms with E-state index in [-0.39, 0.29) is 11.8 Å². The van der Waals surface area contributed by atoms with Crippen LogP contribution < -0.4 is 11.1 Å². The van der Waals surface area contributed by atoms with E-state index in [4.69, 9.17) is 5.73 Å². The second-order valence-electron chi connectivity index (χ2n) is 5.90. The Labute approximate surface area is 134 Å². The van der Waals surface area contributed by atoms with Crippen molar-refractivity contribution < 1.29 is 4.79 Å². The zero-order chi connectivity index (χ0) is 15.5. The standard InChI is InChI=1S/C17H21N3OS/c1-11-10-22-17(19-11)12-4-2-6-14(8-12)20-16(21)15-7-3-5-13(15)9-18/h2,4,6,8,10,13,15H,3,5,7,9,18H2,1H3,(H,20,21)/t13-,15-/m1/s1. The molecule has 0 aliphatic heterocycles. The summed E-state index contributed by atoms with van der Waals surface area (Å²) in [6, 6.07) is 7.89. The molecule has 1 heterocycles. The van der Waals surface area contributed by atoms with Gasteiger partial charge in [-0.2, -0.15) is 0 Å². The van der Waals surface area contributed by atoms with Crippen molar-refractivity contribution >= 4 is 22.9 Å². The fourth-order valence-corrected chi connectivity index (χ4v) is 3.91. The highest BCUT2D eigenvalue weighted by Gasteiger charge is 2.31. The number of nitrogens with two attached hydrogens (primary N) is 1.